The lowest BCUT2D eigenvalue weighted by Crippen LogP contribution is -2.40. The molecule has 1 atom stereocenters. The van der Waals surface area contributed by atoms with E-state index in [0.29, 0.717) is 17.3 Å². The number of carbonyl (C=O) groups excluding carboxylic acids is 1. The van der Waals surface area contributed by atoms with E-state index in [1.54, 1.807) is 12.1 Å². The Kier molecular flexibility index (Phi) is 10.0. The fourth-order valence-corrected chi connectivity index (χ4v) is 2.20. The lowest BCUT2D eigenvalue weighted by molar-refractivity contribution is -0.123. The third-order valence-electron chi connectivity index (χ3n) is 2.41. The number of ether oxygens (including phenoxy) is 1. The zero-order valence-corrected chi connectivity index (χ0v) is 14.6. The van der Waals surface area contributed by atoms with Crippen molar-refractivity contribution in [3.63, 3.8) is 0 Å². The van der Waals surface area contributed by atoms with E-state index < -0.39 is 0 Å². The van der Waals surface area contributed by atoms with E-state index in [9.17, 15) is 4.79 Å². The minimum Gasteiger partial charge on any atom is -0.482 e. The van der Waals surface area contributed by atoms with Crippen LogP contribution in [0.5, 0.6) is 5.75 Å². The summed E-state index contributed by atoms with van der Waals surface area (Å²) in [6.45, 7) is 5.44. The van der Waals surface area contributed by atoms with Gasteiger partial charge in [-0.2, -0.15) is 0 Å². The lowest BCUT2D eigenvalue weighted by atomic mass is 10.3. The first kappa shape index (κ1) is 19.5. The second-order valence-electron chi connectivity index (χ2n) is 4.13. The Balaban J connectivity index is 0.00000361. The molecule has 0 heterocycles. The largest absolute Gasteiger partial charge is 0.482 e. The molecule has 4 nitrogen and oxygen atoms in total. The summed E-state index contributed by atoms with van der Waals surface area (Å²) in [7, 11) is 0. The maximum absolute atomic E-state index is 11.6. The third kappa shape index (κ3) is 7.33. The SMILES string of the molecule is CCN[C@H](C)CNC(=O)COc1ccc(Br)cc1Cl.Cl. The Morgan fingerprint density at radius 3 is 2.80 bits per heavy atom. The first-order valence-corrected chi connectivity index (χ1v) is 7.28. The van der Waals surface area contributed by atoms with Crippen molar-refractivity contribution in [3.05, 3.63) is 27.7 Å². The Bertz CT molecular complexity index is 433. The molecule has 0 radical (unpaired) electrons. The summed E-state index contributed by atoms with van der Waals surface area (Å²) < 4.78 is 6.23. The molecule has 0 spiro atoms. The van der Waals surface area contributed by atoms with Gasteiger partial charge in [-0.15, -0.1) is 12.4 Å². The fraction of sp³-hybridized carbons (Fsp3) is 0.462. The zero-order valence-electron chi connectivity index (χ0n) is 11.4. The highest BCUT2D eigenvalue weighted by Crippen LogP contribution is 2.27. The normalized spacial score (nSPS) is 11.4. The highest BCUT2D eigenvalue weighted by molar-refractivity contribution is 9.10. The van der Waals surface area contributed by atoms with E-state index in [1.807, 2.05) is 19.9 Å². The molecule has 0 fully saturated rings. The van der Waals surface area contributed by atoms with Gasteiger partial charge < -0.3 is 15.4 Å². The molecule has 1 amide bonds. The first-order valence-electron chi connectivity index (χ1n) is 6.10. The van der Waals surface area contributed by atoms with Gasteiger partial charge in [0.25, 0.3) is 5.91 Å². The molecule has 0 aliphatic rings. The van der Waals surface area contributed by atoms with Crippen LogP contribution in [0.3, 0.4) is 0 Å². The maximum atomic E-state index is 11.6. The third-order valence-corrected chi connectivity index (χ3v) is 3.20. The first-order chi connectivity index (χ1) is 9.02. The molecular formula is C13H19BrCl2N2O2. The van der Waals surface area contributed by atoms with Crippen molar-refractivity contribution >= 4 is 45.8 Å². The number of likely N-dealkylation sites (N-methyl/N-ethyl adjacent to an activating group) is 1. The van der Waals surface area contributed by atoms with Gasteiger partial charge in [-0.1, -0.05) is 34.5 Å². The van der Waals surface area contributed by atoms with Crippen LogP contribution in [0, 0.1) is 0 Å². The Morgan fingerprint density at radius 2 is 2.20 bits per heavy atom. The number of carbonyl (C=O) groups is 1. The van der Waals surface area contributed by atoms with Crippen LogP contribution in [-0.4, -0.2) is 31.6 Å². The molecule has 0 unspecified atom stereocenters. The van der Waals surface area contributed by atoms with Crippen LogP contribution in [-0.2, 0) is 4.79 Å². The van der Waals surface area contributed by atoms with Crippen molar-refractivity contribution in [2.75, 3.05) is 19.7 Å². The Hall–Kier alpha value is -0.490. The molecule has 1 aromatic rings. The molecule has 0 aliphatic heterocycles. The fourth-order valence-electron chi connectivity index (χ4n) is 1.47. The molecule has 0 aromatic heterocycles. The maximum Gasteiger partial charge on any atom is 0.257 e. The van der Waals surface area contributed by atoms with Crippen LogP contribution in [0.2, 0.25) is 5.02 Å². The molecule has 1 rings (SSSR count). The minimum absolute atomic E-state index is 0. The molecule has 0 saturated carbocycles. The summed E-state index contributed by atoms with van der Waals surface area (Å²) in [6, 6.07) is 5.50. The number of amides is 1. The average Bonchev–Trinajstić information content (AvgIpc) is 2.35. The van der Waals surface area contributed by atoms with Gasteiger partial charge in [-0.3, -0.25) is 4.79 Å². The van der Waals surface area contributed by atoms with Gasteiger partial charge in [0.05, 0.1) is 5.02 Å². The van der Waals surface area contributed by atoms with E-state index >= 15 is 0 Å². The van der Waals surface area contributed by atoms with Crippen LogP contribution in [0.15, 0.2) is 22.7 Å². The molecule has 0 saturated heterocycles. The number of hydrogen-bond donors (Lipinski definition) is 2. The number of rotatable bonds is 7. The van der Waals surface area contributed by atoms with Crippen molar-refractivity contribution < 1.29 is 9.53 Å². The van der Waals surface area contributed by atoms with Gasteiger partial charge in [0.15, 0.2) is 6.61 Å². The van der Waals surface area contributed by atoms with E-state index in [1.165, 1.54) is 0 Å². The molecule has 114 valence electrons. The highest BCUT2D eigenvalue weighted by atomic mass is 79.9. The van der Waals surface area contributed by atoms with E-state index in [4.69, 9.17) is 16.3 Å². The van der Waals surface area contributed by atoms with Gasteiger partial charge in [0.2, 0.25) is 0 Å². The van der Waals surface area contributed by atoms with Crippen LogP contribution in [0.4, 0.5) is 0 Å². The lowest BCUT2D eigenvalue weighted by Gasteiger charge is -2.13. The molecule has 20 heavy (non-hydrogen) atoms. The minimum atomic E-state index is -0.163. The van der Waals surface area contributed by atoms with Crippen molar-refractivity contribution in [2.24, 2.45) is 0 Å². The standard InChI is InChI=1S/C13H18BrClN2O2.ClH/c1-3-16-9(2)7-17-13(18)8-19-12-5-4-10(14)6-11(12)15;/h4-6,9,16H,3,7-8H2,1-2H3,(H,17,18);1H/t9-;/m1./s1. The van der Waals surface area contributed by atoms with Gasteiger partial charge >= 0.3 is 0 Å². The number of nitrogens with one attached hydrogen (secondary N) is 2. The molecule has 7 heteroatoms. The van der Waals surface area contributed by atoms with Crippen LogP contribution in [0.25, 0.3) is 0 Å². The molecular weight excluding hydrogens is 367 g/mol. The van der Waals surface area contributed by atoms with Crippen molar-refractivity contribution in [1.29, 1.82) is 0 Å². The van der Waals surface area contributed by atoms with Crippen molar-refractivity contribution in [1.82, 2.24) is 10.6 Å². The predicted octanol–water partition coefficient (Wildman–Crippen LogP) is 3.02. The van der Waals surface area contributed by atoms with Crippen LogP contribution >= 0.6 is 39.9 Å². The quantitative estimate of drug-likeness (QED) is 0.758. The summed E-state index contributed by atoms with van der Waals surface area (Å²) >= 11 is 9.29. The average molecular weight is 386 g/mol. The summed E-state index contributed by atoms with van der Waals surface area (Å²) in [4.78, 5) is 11.6. The molecule has 0 aliphatic carbocycles. The summed E-state index contributed by atoms with van der Waals surface area (Å²) in [5, 5.41) is 6.47. The van der Waals surface area contributed by atoms with Crippen molar-refractivity contribution in [2.45, 2.75) is 19.9 Å². The van der Waals surface area contributed by atoms with E-state index in [2.05, 4.69) is 26.6 Å². The smallest absolute Gasteiger partial charge is 0.257 e. The number of hydrogen-bond acceptors (Lipinski definition) is 3. The number of benzene rings is 1. The van der Waals surface area contributed by atoms with Gasteiger partial charge in [-0.25, -0.2) is 0 Å². The second-order valence-corrected chi connectivity index (χ2v) is 5.45. The Morgan fingerprint density at radius 1 is 1.50 bits per heavy atom. The molecule has 0 bridgehead atoms. The van der Waals surface area contributed by atoms with Gasteiger partial charge in [0.1, 0.15) is 5.75 Å². The monoisotopic (exact) mass is 384 g/mol. The topological polar surface area (TPSA) is 50.4 Å². The molecule has 1 aromatic carbocycles. The van der Waals surface area contributed by atoms with E-state index in [0.717, 1.165) is 11.0 Å². The van der Waals surface area contributed by atoms with E-state index in [-0.39, 0.29) is 31.0 Å². The van der Waals surface area contributed by atoms with Crippen LogP contribution < -0.4 is 15.4 Å². The predicted molar refractivity (Wildman–Crippen MR) is 88.0 cm³/mol. The second kappa shape index (κ2) is 10.3. The van der Waals surface area contributed by atoms with Crippen molar-refractivity contribution in [3.8, 4) is 5.75 Å². The van der Waals surface area contributed by atoms with Gasteiger partial charge in [-0.05, 0) is 31.7 Å². The van der Waals surface area contributed by atoms with Gasteiger partial charge in [0, 0.05) is 17.1 Å². The Labute approximate surface area is 139 Å². The summed E-state index contributed by atoms with van der Waals surface area (Å²) in [5.41, 5.74) is 0. The molecule has 2 N–H and O–H groups in total. The summed E-state index contributed by atoms with van der Waals surface area (Å²) in [5.74, 6) is 0.337. The van der Waals surface area contributed by atoms with Crippen LogP contribution in [0.1, 0.15) is 13.8 Å². The highest BCUT2D eigenvalue weighted by Gasteiger charge is 2.07. The summed E-state index contributed by atoms with van der Waals surface area (Å²) in [6.07, 6.45) is 0. The zero-order chi connectivity index (χ0) is 14.3. The number of halogens is 3.